The van der Waals surface area contributed by atoms with Crippen molar-refractivity contribution in [2.45, 2.75) is 58.5 Å². The van der Waals surface area contributed by atoms with Gasteiger partial charge in [-0.2, -0.15) is 0 Å². The number of rotatable bonds is 11. The van der Waals surface area contributed by atoms with E-state index in [-0.39, 0.29) is 0 Å². The number of nitrogens with one attached hydrogen (secondary N) is 3. The van der Waals surface area contributed by atoms with Crippen LogP contribution in [0.3, 0.4) is 0 Å². The third-order valence-electron chi connectivity index (χ3n) is 12.5. The van der Waals surface area contributed by atoms with Crippen molar-refractivity contribution in [1.82, 2.24) is 44.2 Å². The lowest BCUT2D eigenvalue weighted by Crippen LogP contribution is -2.44. The van der Waals surface area contributed by atoms with Gasteiger partial charge in [0, 0.05) is 89.6 Å². The number of para-hydroxylation sites is 1. The first-order valence-electron chi connectivity index (χ1n) is 21.3. The second kappa shape index (κ2) is 17.5. The Morgan fingerprint density at radius 3 is 2.36 bits per heavy atom. The maximum absolute atomic E-state index is 6.10. The molecule has 2 fully saturated rings. The number of aromatic nitrogens is 6. The van der Waals surface area contributed by atoms with Crippen molar-refractivity contribution in [3.05, 3.63) is 108 Å². The molecule has 2 saturated heterocycles. The van der Waals surface area contributed by atoms with Gasteiger partial charge in [0.05, 0.1) is 22.1 Å². The highest BCUT2D eigenvalue weighted by atomic mass is 35.5. The molecule has 4 aromatic carbocycles. The van der Waals surface area contributed by atoms with E-state index < -0.39 is 0 Å². The number of hydrogen-bond acceptors (Lipinski definition) is 5. The van der Waals surface area contributed by atoms with Crippen LogP contribution in [-0.4, -0.2) is 91.7 Å². The zero-order valence-corrected chi connectivity index (χ0v) is 34.7. The van der Waals surface area contributed by atoms with Crippen LogP contribution in [0.15, 0.2) is 97.3 Å². The molecule has 3 N–H and O–H groups in total. The van der Waals surface area contributed by atoms with Gasteiger partial charge in [-0.25, -0.2) is 9.97 Å². The molecule has 10 heteroatoms. The van der Waals surface area contributed by atoms with Gasteiger partial charge >= 0.3 is 0 Å². The standard InChI is InChI=1S/C25H30N4.C23H26ClN5/c1-18-6-4-9-22-24(18)28-25(27-22)21-8-5-10-23-20(21)13-17-29(23)16-3-2-7-19-11-14-26-15-12-19;1-27-11-13-28(14-12-27)8-2-9-29-10-7-17-15-18(3-6-22(17)29)23-25-20-5-4-19(24)16-21(20)26-23/h4-6,8-10,13,17,19,26H,2-3,7,11-12,14-16H2,1H3,(H,27,28);3-7,10,15-16H,2,8-9,11-14H2,1H3,(H,25,26). The molecule has 0 radical (unpaired) electrons. The Kier molecular flexibility index (Phi) is 11.6. The minimum atomic E-state index is 0.719. The van der Waals surface area contributed by atoms with Crippen LogP contribution in [0.25, 0.3) is 66.6 Å². The molecule has 0 aliphatic carbocycles. The van der Waals surface area contributed by atoms with E-state index in [9.17, 15) is 0 Å². The molecular weight excluding hydrogens is 738 g/mol. The molecule has 0 saturated carbocycles. The van der Waals surface area contributed by atoms with Gasteiger partial charge in [0.1, 0.15) is 11.6 Å². The summed E-state index contributed by atoms with van der Waals surface area (Å²) in [7, 11) is 2.21. The first kappa shape index (κ1) is 38.6. The third kappa shape index (κ3) is 8.59. The molecule has 4 aromatic heterocycles. The summed E-state index contributed by atoms with van der Waals surface area (Å²) in [5.74, 6) is 2.77. The number of piperidine rings is 1. The molecule has 300 valence electrons. The van der Waals surface area contributed by atoms with Crippen LogP contribution >= 0.6 is 11.6 Å². The van der Waals surface area contributed by atoms with E-state index in [0.717, 1.165) is 63.3 Å². The van der Waals surface area contributed by atoms with E-state index >= 15 is 0 Å². The number of aryl methyl sites for hydroxylation is 3. The highest BCUT2D eigenvalue weighted by Gasteiger charge is 2.16. The minimum absolute atomic E-state index is 0.719. The monoisotopic (exact) mass is 793 g/mol. The molecule has 0 unspecified atom stereocenters. The lowest BCUT2D eigenvalue weighted by atomic mass is 9.92. The van der Waals surface area contributed by atoms with Crippen molar-refractivity contribution in [3.63, 3.8) is 0 Å². The van der Waals surface area contributed by atoms with Crippen molar-refractivity contribution in [2.75, 3.05) is 52.9 Å². The Balaban J connectivity index is 0.000000150. The second-order valence-corrected chi connectivity index (χ2v) is 17.0. The van der Waals surface area contributed by atoms with Gasteiger partial charge in [-0.1, -0.05) is 48.7 Å². The van der Waals surface area contributed by atoms with E-state index in [1.165, 1.54) is 117 Å². The molecule has 58 heavy (non-hydrogen) atoms. The van der Waals surface area contributed by atoms with Crippen LogP contribution in [0.2, 0.25) is 5.02 Å². The molecule has 2 aliphatic heterocycles. The highest BCUT2D eigenvalue weighted by Crippen LogP contribution is 2.31. The zero-order valence-electron chi connectivity index (χ0n) is 34.0. The lowest BCUT2D eigenvalue weighted by molar-refractivity contribution is 0.151. The number of imidazole rings is 2. The number of nitrogens with zero attached hydrogens (tertiary/aromatic N) is 6. The Morgan fingerprint density at radius 1 is 0.707 bits per heavy atom. The molecule has 6 heterocycles. The van der Waals surface area contributed by atoms with Crippen molar-refractivity contribution in [3.8, 4) is 22.8 Å². The third-order valence-corrected chi connectivity index (χ3v) is 12.7. The van der Waals surface area contributed by atoms with Gasteiger partial charge in [0.15, 0.2) is 0 Å². The Morgan fingerprint density at radius 2 is 1.50 bits per heavy atom. The van der Waals surface area contributed by atoms with Crippen LogP contribution in [0, 0.1) is 12.8 Å². The Hall–Kier alpha value is -4.93. The van der Waals surface area contributed by atoms with Gasteiger partial charge in [-0.15, -0.1) is 0 Å². The summed E-state index contributed by atoms with van der Waals surface area (Å²) in [6.45, 7) is 12.6. The SMILES string of the molecule is CN1CCN(CCCn2ccc3cc(-c4nc5ccc(Cl)cc5[nH]4)ccc32)CC1.Cc1cccc2[nH]c(-c3cccc4c3ccn4CCCCC3CCNCC3)nc12. The molecule has 0 amide bonds. The van der Waals surface area contributed by atoms with E-state index in [1.54, 1.807) is 0 Å². The highest BCUT2D eigenvalue weighted by molar-refractivity contribution is 6.31. The van der Waals surface area contributed by atoms with Gasteiger partial charge in [-0.05, 0) is 131 Å². The molecule has 2 aliphatic rings. The lowest BCUT2D eigenvalue weighted by Gasteiger charge is -2.32. The van der Waals surface area contributed by atoms with Crippen molar-refractivity contribution in [1.29, 1.82) is 0 Å². The predicted molar refractivity (Wildman–Crippen MR) is 242 cm³/mol. The number of likely N-dealkylation sites (N-methyl/N-ethyl adjacent to an activating group) is 1. The summed E-state index contributed by atoms with van der Waals surface area (Å²) in [6.07, 6.45) is 12.3. The van der Waals surface area contributed by atoms with Crippen LogP contribution in [0.4, 0.5) is 0 Å². The van der Waals surface area contributed by atoms with Crippen molar-refractivity contribution in [2.24, 2.45) is 5.92 Å². The van der Waals surface area contributed by atoms with Crippen molar-refractivity contribution < 1.29 is 0 Å². The summed E-state index contributed by atoms with van der Waals surface area (Å²) >= 11 is 6.10. The first-order chi connectivity index (χ1) is 28.4. The number of hydrogen-bond donors (Lipinski definition) is 3. The molecule has 9 nitrogen and oxygen atoms in total. The average Bonchev–Trinajstić information content (AvgIpc) is 4.06. The normalized spacial score (nSPS) is 15.8. The molecule has 0 atom stereocenters. The summed E-state index contributed by atoms with van der Waals surface area (Å²) in [5, 5.41) is 6.72. The quantitative estimate of drug-likeness (QED) is 0.114. The van der Waals surface area contributed by atoms with E-state index in [1.807, 2.05) is 18.2 Å². The fraction of sp³-hybridized carbons (Fsp3) is 0.375. The van der Waals surface area contributed by atoms with Gasteiger partial charge in [-0.3, -0.25) is 0 Å². The fourth-order valence-corrected chi connectivity index (χ4v) is 9.18. The van der Waals surface area contributed by atoms with E-state index in [2.05, 4.69) is 127 Å². The van der Waals surface area contributed by atoms with Crippen LogP contribution in [0.1, 0.15) is 44.1 Å². The molecule has 0 bridgehead atoms. The topological polar surface area (TPSA) is 85.7 Å². The van der Waals surface area contributed by atoms with E-state index in [4.69, 9.17) is 21.6 Å². The number of piperazine rings is 1. The Bertz CT molecular complexity index is 2610. The summed E-state index contributed by atoms with van der Waals surface area (Å²) in [6, 6.07) is 29.6. The van der Waals surface area contributed by atoms with Crippen LogP contribution in [-0.2, 0) is 13.1 Å². The Labute approximate surface area is 346 Å². The number of fused-ring (bicyclic) bond motifs is 4. The van der Waals surface area contributed by atoms with E-state index in [0.29, 0.717) is 0 Å². The maximum Gasteiger partial charge on any atom is 0.139 e. The number of halogens is 1. The fourth-order valence-electron chi connectivity index (χ4n) is 9.01. The minimum Gasteiger partial charge on any atom is -0.347 e. The van der Waals surface area contributed by atoms with Crippen LogP contribution in [0.5, 0.6) is 0 Å². The number of H-pyrrole nitrogens is 2. The smallest absolute Gasteiger partial charge is 0.139 e. The zero-order chi connectivity index (χ0) is 39.4. The number of unbranched alkanes of at least 4 members (excludes halogenated alkanes) is 1. The van der Waals surface area contributed by atoms with Crippen LogP contribution < -0.4 is 5.32 Å². The summed E-state index contributed by atoms with van der Waals surface area (Å²) in [4.78, 5) is 21.5. The molecular formula is C48H56ClN9. The number of benzene rings is 4. The number of aromatic amines is 2. The predicted octanol–water partition coefficient (Wildman–Crippen LogP) is 10.1. The molecule has 10 rings (SSSR count). The largest absolute Gasteiger partial charge is 0.347 e. The first-order valence-corrected chi connectivity index (χ1v) is 21.7. The summed E-state index contributed by atoms with van der Waals surface area (Å²) < 4.78 is 4.78. The van der Waals surface area contributed by atoms with Gasteiger partial charge < -0.3 is 34.2 Å². The molecule has 8 aromatic rings. The average molecular weight is 794 g/mol. The summed E-state index contributed by atoms with van der Waals surface area (Å²) in [5.41, 5.74) is 10.2. The van der Waals surface area contributed by atoms with Crippen molar-refractivity contribution >= 4 is 55.5 Å². The van der Waals surface area contributed by atoms with Gasteiger partial charge in [0.2, 0.25) is 0 Å². The van der Waals surface area contributed by atoms with Gasteiger partial charge in [0.25, 0.3) is 0 Å². The molecule has 0 spiro atoms. The maximum atomic E-state index is 6.10. The second-order valence-electron chi connectivity index (χ2n) is 16.5.